The number of benzene rings is 2. The molecule has 0 atom stereocenters. The summed E-state index contributed by atoms with van der Waals surface area (Å²) in [6.07, 6.45) is 0. The zero-order valence-corrected chi connectivity index (χ0v) is 15.1. The average molecular weight is 383 g/mol. The fourth-order valence-electron chi connectivity index (χ4n) is 1.99. The highest BCUT2D eigenvalue weighted by molar-refractivity contribution is 8.00. The van der Waals surface area contributed by atoms with Crippen molar-refractivity contribution in [2.75, 3.05) is 23.5 Å². The Morgan fingerprint density at radius 3 is 2.60 bits per heavy atom. The molecule has 0 bridgehead atoms. The van der Waals surface area contributed by atoms with E-state index < -0.39 is 5.82 Å². The van der Waals surface area contributed by atoms with Crippen molar-refractivity contribution in [3.05, 3.63) is 47.2 Å². The second kappa shape index (κ2) is 8.73. The smallest absolute Gasteiger partial charge is 0.234 e. The first-order chi connectivity index (χ1) is 11.9. The van der Waals surface area contributed by atoms with Gasteiger partial charge in [-0.2, -0.15) is 0 Å². The van der Waals surface area contributed by atoms with Crippen LogP contribution >= 0.6 is 23.4 Å². The van der Waals surface area contributed by atoms with Gasteiger partial charge in [0, 0.05) is 17.5 Å². The van der Waals surface area contributed by atoms with Crippen molar-refractivity contribution in [3.8, 4) is 5.75 Å². The summed E-state index contributed by atoms with van der Waals surface area (Å²) in [6.45, 7) is 1.40. The number of methoxy groups -OCH3 is 1. The predicted molar refractivity (Wildman–Crippen MR) is 98.1 cm³/mol. The Kier molecular flexibility index (Phi) is 6.66. The largest absolute Gasteiger partial charge is 0.495 e. The zero-order valence-electron chi connectivity index (χ0n) is 13.6. The van der Waals surface area contributed by atoms with Gasteiger partial charge in [-0.05, 0) is 36.4 Å². The molecule has 0 aromatic heterocycles. The molecule has 0 saturated carbocycles. The van der Waals surface area contributed by atoms with E-state index in [9.17, 15) is 14.0 Å². The molecule has 25 heavy (non-hydrogen) atoms. The molecule has 0 heterocycles. The minimum Gasteiger partial charge on any atom is -0.495 e. The Labute approximate surface area is 153 Å². The van der Waals surface area contributed by atoms with Crippen molar-refractivity contribution in [1.82, 2.24) is 0 Å². The molecule has 0 aliphatic rings. The molecule has 5 nitrogen and oxygen atoms in total. The highest BCUT2D eigenvalue weighted by atomic mass is 35.5. The summed E-state index contributed by atoms with van der Waals surface area (Å²) in [5.41, 5.74) is 0.984. The first-order valence-electron chi connectivity index (χ1n) is 7.22. The molecule has 0 radical (unpaired) electrons. The van der Waals surface area contributed by atoms with Gasteiger partial charge in [0.15, 0.2) is 0 Å². The molecular formula is C17H16ClFN2O3S. The topological polar surface area (TPSA) is 67.4 Å². The van der Waals surface area contributed by atoms with Crippen LogP contribution in [-0.2, 0) is 9.59 Å². The van der Waals surface area contributed by atoms with Crippen LogP contribution in [0.1, 0.15) is 6.92 Å². The van der Waals surface area contributed by atoms with Crippen LogP contribution in [0.4, 0.5) is 15.8 Å². The Bertz CT molecular complexity index is 801. The van der Waals surface area contributed by atoms with Crippen LogP contribution < -0.4 is 15.4 Å². The fraction of sp³-hybridized carbons (Fsp3) is 0.176. The summed E-state index contributed by atoms with van der Waals surface area (Å²) in [4.78, 5) is 24.0. The van der Waals surface area contributed by atoms with Gasteiger partial charge in [-0.15, -0.1) is 11.8 Å². The molecule has 132 valence electrons. The van der Waals surface area contributed by atoms with Crippen LogP contribution in [0.2, 0.25) is 5.02 Å². The number of carbonyl (C=O) groups is 2. The van der Waals surface area contributed by atoms with Crippen molar-refractivity contribution < 1.29 is 18.7 Å². The summed E-state index contributed by atoms with van der Waals surface area (Å²) >= 11 is 6.94. The Morgan fingerprint density at radius 1 is 1.20 bits per heavy atom. The molecule has 0 spiro atoms. The van der Waals surface area contributed by atoms with Gasteiger partial charge >= 0.3 is 0 Å². The van der Waals surface area contributed by atoms with Gasteiger partial charge in [0.05, 0.1) is 23.6 Å². The number of thioether (sulfide) groups is 1. The van der Waals surface area contributed by atoms with E-state index in [4.69, 9.17) is 16.3 Å². The fourth-order valence-corrected chi connectivity index (χ4v) is 2.97. The molecule has 2 aromatic carbocycles. The Balaban J connectivity index is 2.03. The maximum Gasteiger partial charge on any atom is 0.234 e. The lowest BCUT2D eigenvalue weighted by Gasteiger charge is -2.12. The monoisotopic (exact) mass is 382 g/mol. The minimum atomic E-state index is -0.505. The number of nitrogens with one attached hydrogen (secondary N) is 2. The van der Waals surface area contributed by atoms with Crippen molar-refractivity contribution >= 4 is 46.6 Å². The van der Waals surface area contributed by atoms with Crippen LogP contribution in [0.15, 0.2) is 41.3 Å². The number of hydrogen-bond acceptors (Lipinski definition) is 4. The maximum atomic E-state index is 13.1. The highest BCUT2D eigenvalue weighted by Gasteiger charge is 2.10. The van der Waals surface area contributed by atoms with E-state index in [1.807, 2.05) is 0 Å². The Morgan fingerprint density at radius 2 is 1.96 bits per heavy atom. The van der Waals surface area contributed by atoms with Gasteiger partial charge in [0.2, 0.25) is 11.8 Å². The van der Waals surface area contributed by atoms with E-state index in [0.29, 0.717) is 22.0 Å². The second-order valence-corrected chi connectivity index (χ2v) is 6.46. The van der Waals surface area contributed by atoms with Crippen LogP contribution in [0, 0.1) is 5.82 Å². The van der Waals surface area contributed by atoms with Gasteiger partial charge in [-0.3, -0.25) is 9.59 Å². The summed E-state index contributed by atoms with van der Waals surface area (Å²) in [5.74, 6) is -0.419. The van der Waals surface area contributed by atoms with Crippen LogP contribution in [-0.4, -0.2) is 24.7 Å². The Hall–Kier alpha value is -2.25. The molecule has 0 aliphatic heterocycles. The molecule has 2 N–H and O–H groups in total. The molecule has 0 saturated heterocycles. The quantitative estimate of drug-likeness (QED) is 0.735. The van der Waals surface area contributed by atoms with Crippen molar-refractivity contribution in [2.45, 2.75) is 11.8 Å². The van der Waals surface area contributed by atoms with Gasteiger partial charge in [-0.1, -0.05) is 11.6 Å². The number of hydrogen-bond donors (Lipinski definition) is 2. The van der Waals surface area contributed by atoms with E-state index >= 15 is 0 Å². The van der Waals surface area contributed by atoms with Crippen LogP contribution in [0.5, 0.6) is 5.75 Å². The van der Waals surface area contributed by atoms with Gasteiger partial charge in [0.1, 0.15) is 11.6 Å². The molecular weight excluding hydrogens is 367 g/mol. The molecule has 0 unspecified atom stereocenters. The van der Waals surface area contributed by atoms with Gasteiger partial charge in [0.25, 0.3) is 0 Å². The normalized spacial score (nSPS) is 10.2. The molecule has 8 heteroatoms. The van der Waals surface area contributed by atoms with Crippen LogP contribution in [0.25, 0.3) is 0 Å². The summed E-state index contributed by atoms with van der Waals surface area (Å²) in [5, 5.41) is 5.38. The molecule has 0 fully saturated rings. The van der Waals surface area contributed by atoms with E-state index in [1.54, 1.807) is 24.3 Å². The lowest BCUT2D eigenvalue weighted by atomic mass is 10.2. The number of rotatable bonds is 6. The number of ether oxygens (including phenoxy) is 1. The van der Waals surface area contributed by atoms with E-state index in [1.165, 1.54) is 37.9 Å². The van der Waals surface area contributed by atoms with E-state index in [-0.39, 0.29) is 22.6 Å². The van der Waals surface area contributed by atoms with Crippen molar-refractivity contribution in [3.63, 3.8) is 0 Å². The van der Waals surface area contributed by atoms with E-state index in [2.05, 4.69) is 10.6 Å². The number of anilines is 2. The van der Waals surface area contributed by atoms with Crippen molar-refractivity contribution in [2.24, 2.45) is 0 Å². The zero-order chi connectivity index (χ0) is 18.4. The predicted octanol–water partition coefficient (Wildman–Crippen LogP) is 4.18. The SMILES string of the molecule is COc1ccc(NC(C)=O)cc1NC(=O)CSc1ccc(F)c(Cl)c1. The highest BCUT2D eigenvalue weighted by Crippen LogP contribution is 2.29. The summed E-state index contributed by atoms with van der Waals surface area (Å²) < 4.78 is 18.3. The standard InChI is InChI=1S/C17H16ClFN2O3S/c1-10(22)20-11-3-6-16(24-2)15(7-11)21-17(23)9-25-12-4-5-14(19)13(18)8-12/h3-8H,9H2,1-2H3,(H,20,22)(H,21,23). The number of amides is 2. The van der Waals surface area contributed by atoms with Gasteiger partial charge in [-0.25, -0.2) is 4.39 Å². The van der Waals surface area contributed by atoms with Crippen LogP contribution in [0.3, 0.4) is 0 Å². The second-order valence-electron chi connectivity index (χ2n) is 5.01. The summed E-state index contributed by atoms with van der Waals surface area (Å²) in [7, 11) is 1.48. The first-order valence-corrected chi connectivity index (χ1v) is 8.58. The lowest BCUT2D eigenvalue weighted by molar-refractivity contribution is -0.114. The third-order valence-corrected chi connectivity index (χ3v) is 4.34. The third kappa shape index (κ3) is 5.65. The first kappa shape index (κ1) is 19.1. The number of carbonyl (C=O) groups excluding carboxylic acids is 2. The third-order valence-electron chi connectivity index (χ3n) is 3.05. The molecule has 2 amide bonds. The summed E-state index contributed by atoms with van der Waals surface area (Å²) in [6, 6.07) is 9.20. The molecule has 2 rings (SSSR count). The lowest BCUT2D eigenvalue weighted by Crippen LogP contribution is -2.15. The number of halogens is 2. The van der Waals surface area contributed by atoms with Crippen molar-refractivity contribution in [1.29, 1.82) is 0 Å². The van der Waals surface area contributed by atoms with E-state index in [0.717, 1.165) is 0 Å². The molecule has 2 aromatic rings. The minimum absolute atomic E-state index is 0.00934. The average Bonchev–Trinajstić information content (AvgIpc) is 2.56. The molecule has 0 aliphatic carbocycles. The maximum absolute atomic E-state index is 13.1. The van der Waals surface area contributed by atoms with Gasteiger partial charge < -0.3 is 15.4 Å².